The topological polar surface area (TPSA) is 87.3 Å². The molecule has 0 bridgehead atoms. The van der Waals surface area contributed by atoms with Gasteiger partial charge in [-0.1, -0.05) is 0 Å². The Morgan fingerprint density at radius 3 is 2.73 bits per heavy atom. The van der Waals surface area contributed by atoms with Gasteiger partial charge in [-0.05, 0) is 52.9 Å². The van der Waals surface area contributed by atoms with Crippen molar-refractivity contribution in [2.75, 3.05) is 18.4 Å². The molecule has 0 unspecified atom stereocenters. The standard InChI is InChI=1S/C14H18BrN3O3S/c15-11-7-9-1-4-14(19)18-12(9)8-13(11)22(20,21)17-6-5-16-10-2-3-10/h7-8,10,16-17H,1-6H2,(H,18,19). The Morgan fingerprint density at radius 2 is 2.00 bits per heavy atom. The lowest BCUT2D eigenvalue weighted by molar-refractivity contribution is -0.116. The normalized spacial score (nSPS) is 18.0. The van der Waals surface area contributed by atoms with Crippen molar-refractivity contribution in [2.45, 2.75) is 36.6 Å². The third-order valence-electron chi connectivity index (χ3n) is 3.77. The monoisotopic (exact) mass is 387 g/mol. The molecule has 0 spiro atoms. The average Bonchev–Trinajstić information content (AvgIpc) is 3.27. The van der Waals surface area contributed by atoms with Gasteiger partial charge in [-0.25, -0.2) is 13.1 Å². The van der Waals surface area contributed by atoms with E-state index in [1.54, 1.807) is 6.07 Å². The predicted molar refractivity (Wildman–Crippen MR) is 87.3 cm³/mol. The van der Waals surface area contributed by atoms with Gasteiger partial charge in [0.15, 0.2) is 0 Å². The van der Waals surface area contributed by atoms with E-state index in [1.807, 2.05) is 0 Å². The van der Waals surface area contributed by atoms with Gasteiger partial charge in [-0.15, -0.1) is 0 Å². The van der Waals surface area contributed by atoms with E-state index in [0.29, 0.717) is 42.1 Å². The highest BCUT2D eigenvalue weighted by atomic mass is 79.9. The van der Waals surface area contributed by atoms with Gasteiger partial charge in [0.2, 0.25) is 15.9 Å². The number of carbonyl (C=O) groups excluding carboxylic acids is 1. The molecule has 0 aromatic heterocycles. The van der Waals surface area contributed by atoms with Crippen molar-refractivity contribution in [3.63, 3.8) is 0 Å². The molecule has 0 radical (unpaired) electrons. The minimum absolute atomic E-state index is 0.0836. The van der Waals surface area contributed by atoms with Crippen LogP contribution < -0.4 is 15.4 Å². The van der Waals surface area contributed by atoms with Crippen LogP contribution in [0.4, 0.5) is 5.69 Å². The predicted octanol–water partition coefficient (Wildman–Crippen LogP) is 1.36. The maximum absolute atomic E-state index is 12.4. The molecule has 6 nitrogen and oxygen atoms in total. The lowest BCUT2D eigenvalue weighted by Gasteiger charge is -2.19. The van der Waals surface area contributed by atoms with Gasteiger partial charge in [-0.3, -0.25) is 4.79 Å². The Hall–Kier alpha value is -0.960. The van der Waals surface area contributed by atoms with Crippen LogP contribution in [0.1, 0.15) is 24.8 Å². The van der Waals surface area contributed by atoms with Crippen LogP contribution in [0, 0.1) is 0 Å². The van der Waals surface area contributed by atoms with Crippen LogP contribution in [0.25, 0.3) is 0 Å². The maximum atomic E-state index is 12.4. The van der Waals surface area contributed by atoms with E-state index in [1.165, 1.54) is 18.9 Å². The molecule has 0 saturated heterocycles. The minimum Gasteiger partial charge on any atom is -0.326 e. The number of sulfonamides is 1. The van der Waals surface area contributed by atoms with Gasteiger partial charge in [0.1, 0.15) is 0 Å². The molecule has 0 atom stereocenters. The van der Waals surface area contributed by atoms with Crippen LogP contribution in [0.2, 0.25) is 0 Å². The summed E-state index contributed by atoms with van der Waals surface area (Å²) in [6.45, 7) is 0.956. The van der Waals surface area contributed by atoms with E-state index in [9.17, 15) is 13.2 Å². The molecule has 1 aliphatic carbocycles. The number of hydrogen-bond acceptors (Lipinski definition) is 4. The Morgan fingerprint density at radius 1 is 1.23 bits per heavy atom. The Labute approximate surface area is 138 Å². The van der Waals surface area contributed by atoms with Crippen LogP contribution >= 0.6 is 15.9 Å². The summed E-state index contributed by atoms with van der Waals surface area (Å²) in [4.78, 5) is 11.6. The summed E-state index contributed by atoms with van der Waals surface area (Å²) in [5, 5.41) is 5.98. The Kier molecular flexibility index (Phi) is 4.54. The molecule has 2 aliphatic rings. The first kappa shape index (κ1) is 15.9. The summed E-state index contributed by atoms with van der Waals surface area (Å²) in [6, 6.07) is 3.84. The van der Waals surface area contributed by atoms with E-state index in [4.69, 9.17) is 0 Å². The number of rotatable bonds is 6. The lowest BCUT2D eigenvalue weighted by atomic mass is 10.0. The third kappa shape index (κ3) is 3.68. The second-order valence-corrected chi connectivity index (χ2v) is 8.20. The quantitative estimate of drug-likeness (QED) is 0.643. The fourth-order valence-electron chi connectivity index (χ4n) is 2.41. The van der Waals surface area contributed by atoms with E-state index < -0.39 is 10.0 Å². The molecule has 1 heterocycles. The van der Waals surface area contributed by atoms with Crippen molar-refractivity contribution in [3.05, 3.63) is 22.2 Å². The van der Waals surface area contributed by atoms with Crippen LogP contribution in [0.3, 0.4) is 0 Å². The van der Waals surface area contributed by atoms with Crippen LogP contribution in [-0.4, -0.2) is 33.5 Å². The number of halogens is 1. The maximum Gasteiger partial charge on any atom is 0.241 e. The molecule has 1 fully saturated rings. The van der Waals surface area contributed by atoms with Gasteiger partial charge in [-0.2, -0.15) is 0 Å². The second-order valence-electron chi connectivity index (χ2n) is 5.61. The zero-order valence-electron chi connectivity index (χ0n) is 12.0. The van der Waals surface area contributed by atoms with Crippen molar-refractivity contribution in [1.82, 2.24) is 10.0 Å². The highest BCUT2D eigenvalue weighted by Gasteiger charge is 2.24. The summed E-state index contributed by atoms with van der Waals surface area (Å²) in [5.41, 5.74) is 1.52. The van der Waals surface area contributed by atoms with Crippen molar-refractivity contribution >= 4 is 37.5 Å². The molecule has 1 aromatic rings. The summed E-state index contributed by atoms with van der Waals surface area (Å²) in [7, 11) is -3.61. The van der Waals surface area contributed by atoms with Gasteiger partial charge < -0.3 is 10.6 Å². The summed E-state index contributed by atoms with van der Waals surface area (Å²) in [5.74, 6) is -0.0836. The first-order valence-corrected chi connectivity index (χ1v) is 9.58. The third-order valence-corrected chi connectivity index (χ3v) is 6.19. The molecule has 22 heavy (non-hydrogen) atoms. The van der Waals surface area contributed by atoms with Crippen molar-refractivity contribution in [2.24, 2.45) is 0 Å². The molecule has 8 heteroatoms. The first-order chi connectivity index (χ1) is 10.5. The average molecular weight is 388 g/mol. The minimum atomic E-state index is -3.61. The molecule has 1 aliphatic heterocycles. The van der Waals surface area contributed by atoms with Crippen LogP contribution in [0.5, 0.6) is 0 Å². The fraction of sp³-hybridized carbons (Fsp3) is 0.500. The largest absolute Gasteiger partial charge is 0.326 e. The number of benzene rings is 1. The Bertz CT molecular complexity index is 702. The van der Waals surface area contributed by atoms with Crippen LogP contribution in [0.15, 0.2) is 21.5 Å². The molecular weight excluding hydrogens is 370 g/mol. The van der Waals surface area contributed by atoms with Gasteiger partial charge in [0.25, 0.3) is 0 Å². The zero-order chi connectivity index (χ0) is 15.7. The molecule has 3 N–H and O–H groups in total. The molecule has 1 saturated carbocycles. The zero-order valence-corrected chi connectivity index (χ0v) is 14.4. The van der Waals surface area contributed by atoms with E-state index in [0.717, 1.165) is 5.56 Å². The van der Waals surface area contributed by atoms with Crippen molar-refractivity contribution in [3.8, 4) is 0 Å². The lowest BCUT2D eigenvalue weighted by Crippen LogP contribution is -2.33. The number of carbonyl (C=O) groups is 1. The van der Waals surface area contributed by atoms with E-state index in [2.05, 4.69) is 31.3 Å². The molecular formula is C14H18BrN3O3S. The summed E-state index contributed by atoms with van der Waals surface area (Å²) in [6.07, 6.45) is 3.39. The van der Waals surface area contributed by atoms with Gasteiger partial charge >= 0.3 is 0 Å². The van der Waals surface area contributed by atoms with Crippen molar-refractivity contribution < 1.29 is 13.2 Å². The molecule has 1 aromatic carbocycles. The number of amides is 1. The molecule has 1 amide bonds. The fourth-order valence-corrected chi connectivity index (χ4v) is 4.56. The number of anilines is 1. The van der Waals surface area contributed by atoms with Gasteiger partial charge in [0.05, 0.1) is 4.90 Å². The second kappa shape index (κ2) is 6.27. The molecule has 3 rings (SSSR count). The van der Waals surface area contributed by atoms with E-state index in [-0.39, 0.29) is 10.8 Å². The number of hydrogen-bond donors (Lipinski definition) is 3. The summed E-state index contributed by atoms with van der Waals surface area (Å²) >= 11 is 3.32. The van der Waals surface area contributed by atoms with E-state index >= 15 is 0 Å². The van der Waals surface area contributed by atoms with Crippen molar-refractivity contribution in [1.29, 1.82) is 0 Å². The Balaban J connectivity index is 1.74. The SMILES string of the molecule is O=C1CCc2cc(Br)c(S(=O)(=O)NCCNC3CC3)cc2N1. The smallest absolute Gasteiger partial charge is 0.241 e. The molecule has 120 valence electrons. The summed E-state index contributed by atoms with van der Waals surface area (Å²) < 4.78 is 27.9. The number of fused-ring (bicyclic) bond motifs is 1. The number of aryl methyl sites for hydroxylation is 1. The highest BCUT2D eigenvalue weighted by Crippen LogP contribution is 2.31. The van der Waals surface area contributed by atoms with Crippen LogP contribution in [-0.2, 0) is 21.2 Å². The number of nitrogens with one attached hydrogen (secondary N) is 3. The first-order valence-electron chi connectivity index (χ1n) is 7.31. The highest BCUT2D eigenvalue weighted by molar-refractivity contribution is 9.10. The van der Waals surface area contributed by atoms with Gasteiger partial charge in [0, 0.05) is 35.7 Å².